The Morgan fingerprint density at radius 2 is 2.13 bits per heavy atom. The summed E-state index contributed by atoms with van der Waals surface area (Å²) < 4.78 is 13.0. The van der Waals surface area contributed by atoms with Crippen molar-refractivity contribution in [3.05, 3.63) is 35.1 Å². The molecule has 0 unspecified atom stereocenters. The maximum atomic E-state index is 13.0. The van der Waals surface area contributed by atoms with Crippen LogP contribution in [0.4, 0.5) is 4.39 Å². The summed E-state index contributed by atoms with van der Waals surface area (Å²) in [7, 11) is 0. The van der Waals surface area contributed by atoms with Gasteiger partial charge >= 0.3 is 0 Å². The topological polar surface area (TPSA) is 76.8 Å². The minimum Gasteiger partial charge on any atom is -0.369 e. The van der Waals surface area contributed by atoms with E-state index in [4.69, 9.17) is 17.9 Å². The van der Waals surface area contributed by atoms with Crippen LogP contribution in [-0.2, 0) is 0 Å². The first kappa shape index (κ1) is 10.7. The number of hydrogen-bond donors (Lipinski definition) is 2. The zero-order valence-corrected chi connectivity index (χ0v) is 7.81. The van der Waals surface area contributed by atoms with Crippen LogP contribution in [0.15, 0.2) is 28.4 Å². The van der Waals surface area contributed by atoms with E-state index >= 15 is 0 Å². The smallest absolute Gasteiger partial charge is 0.211 e. The van der Waals surface area contributed by atoms with Crippen LogP contribution in [0.1, 0.15) is 11.1 Å². The van der Waals surface area contributed by atoms with Crippen molar-refractivity contribution in [2.24, 2.45) is 21.7 Å². The third kappa shape index (κ3) is 3.48. The summed E-state index contributed by atoms with van der Waals surface area (Å²) in [4.78, 5) is 0. The molecule has 0 atom stereocenters. The largest absolute Gasteiger partial charge is 0.369 e. The second kappa shape index (κ2) is 4.77. The van der Waals surface area contributed by atoms with Crippen molar-refractivity contribution in [2.45, 2.75) is 0 Å². The van der Waals surface area contributed by atoms with Crippen molar-refractivity contribution in [1.29, 1.82) is 0 Å². The van der Waals surface area contributed by atoms with Crippen LogP contribution >= 0.6 is 0 Å². The number of halogens is 1. The normalized spacial score (nSPS) is 9.87. The van der Waals surface area contributed by atoms with E-state index in [-0.39, 0.29) is 5.96 Å². The van der Waals surface area contributed by atoms with Crippen LogP contribution in [0.2, 0.25) is 0 Å². The van der Waals surface area contributed by atoms with E-state index in [1.54, 1.807) is 6.07 Å². The molecular formula is C10H9FN4. The van der Waals surface area contributed by atoms with Crippen LogP contribution in [0, 0.1) is 18.2 Å². The molecule has 0 radical (unpaired) electrons. The number of hydrogen-bond acceptors (Lipinski definition) is 2. The lowest BCUT2D eigenvalue weighted by molar-refractivity contribution is 0.627. The van der Waals surface area contributed by atoms with Gasteiger partial charge in [-0.3, -0.25) is 0 Å². The van der Waals surface area contributed by atoms with Crippen LogP contribution in [0.5, 0.6) is 0 Å². The SMILES string of the molecule is C#Cc1cc(F)cc(C=NN=C(N)N)c1. The molecule has 0 fully saturated rings. The fourth-order valence-electron chi connectivity index (χ4n) is 0.932. The lowest BCUT2D eigenvalue weighted by Crippen LogP contribution is -2.21. The fraction of sp³-hybridized carbons (Fsp3) is 0. The van der Waals surface area contributed by atoms with E-state index in [1.165, 1.54) is 18.3 Å². The lowest BCUT2D eigenvalue weighted by atomic mass is 10.1. The average molecular weight is 204 g/mol. The zero-order chi connectivity index (χ0) is 11.3. The Labute approximate surface area is 86.5 Å². The Morgan fingerprint density at radius 3 is 2.73 bits per heavy atom. The highest BCUT2D eigenvalue weighted by atomic mass is 19.1. The number of benzene rings is 1. The first-order valence-corrected chi connectivity index (χ1v) is 4.01. The molecule has 0 spiro atoms. The molecular weight excluding hydrogens is 195 g/mol. The summed E-state index contributed by atoms with van der Waals surface area (Å²) in [6.45, 7) is 0. The van der Waals surface area contributed by atoms with Gasteiger partial charge in [0.15, 0.2) is 0 Å². The number of nitrogens with two attached hydrogens (primary N) is 2. The average Bonchev–Trinajstić information content (AvgIpc) is 2.16. The highest BCUT2D eigenvalue weighted by Crippen LogP contribution is 2.06. The molecule has 0 aliphatic heterocycles. The van der Waals surface area contributed by atoms with Gasteiger partial charge in [0.05, 0.1) is 6.21 Å². The molecule has 76 valence electrons. The van der Waals surface area contributed by atoms with Crippen LogP contribution < -0.4 is 11.5 Å². The predicted molar refractivity (Wildman–Crippen MR) is 57.7 cm³/mol. The first-order chi connectivity index (χ1) is 7.11. The van der Waals surface area contributed by atoms with Gasteiger partial charge in [-0.1, -0.05) is 5.92 Å². The van der Waals surface area contributed by atoms with Crippen molar-refractivity contribution in [3.63, 3.8) is 0 Å². The molecule has 0 saturated heterocycles. The minimum atomic E-state index is -0.434. The van der Waals surface area contributed by atoms with E-state index in [0.717, 1.165) is 0 Å². The maximum absolute atomic E-state index is 13.0. The van der Waals surface area contributed by atoms with E-state index in [9.17, 15) is 4.39 Å². The molecule has 1 aromatic carbocycles. The van der Waals surface area contributed by atoms with Crippen molar-refractivity contribution in [1.82, 2.24) is 0 Å². The summed E-state index contributed by atoms with van der Waals surface area (Å²) in [5, 5.41) is 6.91. The van der Waals surface area contributed by atoms with Crippen molar-refractivity contribution in [3.8, 4) is 12.3 Å². The Morgan fingerprint density at radius 1 is 1.40 bits per heavy atom. The molecule has 0 saturated carbocycles. The van der Waals surface area contributed by atoms with E-state index in [2.05, 4.69) is 16.1 Å². The van der Waals surface area contributed by atoms with Gasteiger partial charge < -0.3 is 11.5 Å². The number of nitrogens with zero attached hydrogens (tertiary/aromatic N) is 2. The molecule has 5 heteroatoms. The Bertz CT molecular complexity index is 453. The summed E-state index contributed by atoms with van der Waals surface area (Å²) in [5.41, 5.74) is 11.0. The van der Waals surface area contributed by atoms with Gasteiger partial charge in [0.1, 0.15) is 5.82 Å². The third-order valence-corrected chi connectivity index (χ3v) is 1.47. The van der Waals surface area contributed by atoms with Crippen molar-refractivity contribution >= 4 is 12.2 Å². The molecule has 1 rings (SSSR count). The van der Waals surface area contributed by atoms with Gasteiger partial charge in [-0.25, -0.2) is 4.39 Å². The van der Waals surface area contributed by atoms with E-state index < -0.39 is 5.82 Å². The van der Waals surface area contributed by atoms with E-state index in [0.29, 0.717) is 11.1 Å². The van der Waals surface area contributed by atoms with Crippen LogP contribution in [0.25, 0.3) is 0 Å². The molecule has 0 bridgehead atoms. The molecule has 0 aromatic heterocycles. The van der Waals surface area contributed by atoms with Crippen LogP contribution in [0.3, 0.4) is 0 Å². The molecule has 4 nitrogen and oxygen atoms in total. The highest BCUT2D eigenvalue weighted by Gasteiger charge is 1.96. The van der Waals surface area contributed by atoms with Crippen molar-refractivity contribution in [2.75, 3.05) is 0 Å². The van der Waals surface area contributed by atoms with Gasteiger partial charge in [-0.05, 0) is 23.8 Å². The summed E-state index contributed by atoms with van der Waals surface area (Å²) >= 11 is 0. The maximum Gasteiger partial charge on any atom is 0.211 e. The van der Waals surface area contributed by atoms with Gasteiger partial charge in [-0.15, -0.1) is 11.5 Å². The molecule has 0 aliphatic carbocycles. The number of guanidine groups is 1. The summed E-state index contributed by atoms with van der Waals surface area (Å²) in [6.07, 6.45) is 6.44. The monoisotopic (exact) mass is 204 g/mol. The Balaban J connectivity index is 2.96. The van der Waals surface area contributed by atoms with Gasteiger partial charge in [0.25, 0.3) is 0 Å². The van der Waals surface area contributed by atoms with E-state index in [1.807, 2.05) is 0 Å². The highest BCUT2D eigenvalue weighted by molar-refractivity contribution is 5.82. The van der Waals surface area contributed by atoms with Gasteiger partial charge in [0.2, 0.25) is 5.96 Å². The molecule has 1 aromatic rings. The minimum absolute atomic E-state index is 0.167. The van der Waals surface area contributed by atoms with Crippen LogP contribution in [-0.4, -0.2) is 12.2 Å². The summed E-state index contributed by atoms with van der Waals surface area (Å²) in [6, 6.07) is 4.11. The Hall–Kier alpha value is -2.35. The molecule has 0 amide bonds. The fourth-order valence-corrected chi connectivity index (χ4v) is 0.932. The Kier molecular flexibility index (Phi) is 3.41. The van der Waals surface area contributed by atoms with Gasteiger partial charge in [0, 0.05) is 5.56 Å². The molecule has 0 heterocycles. The quantitative estimate of drug-likeness (QED) is 0.317. The third-order valence-electron chi connectivity index (χ3n) is 1.47. The molecule has 15 heavy (non-hydrogen) atoms. The molecule has 4 N–H and O–H groups in total. The number of terminal acetylenes is 1. The zero-order valence-electron chi connectivity index (χ0n) is 7.81. The second-order valence-corrected chi connectivity index (χ2v) is 2.69. The molecule has 0 aliphatic rings. The summed E-state index contributed by atoms with van der Waals surface area (Å²) in [5.74, 6) is 1.72. The standard InChI is InChI=1S/C10H9FN4/c1-2-7-3-8(5-9(11)4-7)6-14-15-10(12)13/h1,3-6H,(H4,12,13,15). The van der Waals surface area contributed by atoms with Gasteiger partial charge in [-0.2, -0.15) is 5.10 Å². The first-order valence-electron chi connectivity index (χ1n) is 4.01. The predicted octanol–water partition coefficient (Wildman–Crippen LogP) is 0.414. The van der Waals surface area contributed by atoms with Crippen molar-refractivity contribution < 1.29 is 4.39 Å². The second-order valence-electron chi connectivity index (χ2n) is 2.69. The lowest BCUT2D eigenvalue weighted by Gasteiger charge is -1.95. The number of rotatable bonds is 2.